The molecule has 5 rings (SSSR count). The largest absolute Gasteiger partial charge is 0.467 e. The molecule has 2 fully saturated rings. The Kier molecular flexibility index (Phi) is 5.24. The molecule has 0 bridgehead atoms. The Morgan fingerprint density at radius 2 is 1.97 bits per heavy atom. The van der Waals surface area contributed by atoms with Crippen LogP contribution in [0.2, 0.25) is 0 Å². The summed E-state index contributed by atoms with van der Waals surface area (Å²) < 4.78 is 6.83. The van der Waals surface area contributed by atoms with Crippen LogP contribution in [0.1, 0.15) is 62.2 Å². The van der Waals surface area contributed by atoms with Crippen molar-refractivity contribution in [3.05, 3.63) is 39.8 Å². The maximum absolute atomic E-state index is 13.6. The lowest BCUT2D eigenvalue weighted by Gasteiger charge is -2.32. The standard InChI is InChI=1S/C24H30N2O5/c1-31-24(30)21-18(13-27)17-12-25-19(11-10-16(23(25)29)14-6-2-3-7-14)20(17)26(21)22(28)15-8-4-5-9-15/h6,10-11,15,17-18,20-21,27H,2-5,7-9,12-13H2,1H3/t17-,18-,20+,21-/m0/s1. The van der Waals surface area contributed by atoms with Gasteiger partial charge in [0.2, 0.25) is 5.91 Å². The summed E-state index contributed by atoms with van der Waals surface area (Å²) in [5.41, 5.74) is 2.58. The van der Waals surface area contributed by atoms with Gasteiger partial charge in [-0.2, -0.15) is 0 Å². The highest BCUT2D eigenvalue weighted by Gasteiger charge is 2.58. The lowest BCUT2D eigenvalue weighted by atomic mass is 9.88. The SMILES string of the molecule is COC(=O)[C@@H]1[C@@H](CO)[C@@H]2Cn3c(ccc(C4=CCCC4)c3=O)[C@@H]2N1C(=O)C1CCCC1. The third kappa shape index (κ3) is 3.08. The second-order valence-corrected chi connectivity index (χ2v) is 9.36. The van der Waals surface area contributed by atoms with Crippen LogP contribution >= 0.6 is 0 Å². The Bertz CT molecular complexity index is 990. The zero-order chi connectivity index (χ0) is 21.7. The summed E-state index contributed by atoms with van der Waals surface area (Å²) in [6.45, 7) is 0.184. The van der Waals surface area contributed by atoms with Crippen LogP contribution in [-0.2, 0) is 20.9 Å². The fraction of sp³-hybridized carbons (Fsp3) is 0.625. The molecule has 4 aliphatic rings. The van der Waals surface area contributed by atoms with Crippen LogP contribution in [-0.4, -0.2) is 46.2 Å². The van der Waals surface area contributed by atoms with Gasteiger partial charge in [-0.3, -0.25) is 9.59 Å². The minimum Gasteiger partial charge on any atom is -0.467 e. The van der Waals surface area contributed by atoms with E-state index in [9.17, 15) is 19.5 Å². The van der Waals surface area contributed by atoms with Crippen molar-refractivity contribution >= 4 is 17.4 Å². The van der Waals surface area contributed by atoms with Gasteiger partial charge in [0.15, 0.2) is 0 Å². The number of aliphatic hydroxyl groups excluding tert-OH is 1. The van der Waals surface area contributed by atoms with E-state index in [1.807, 2.05) is 12.1 Å². The summed E-state index contributed by atoms with van der Waals surface area (Å²) in [5, 5.41) is 10.2. The number of hydrogen-bond acceptors (Lipinski definition) is 5. The number of carbonyl (C=O) groups is 2. The highest BCUT2D eigenvalue weighted by atomic mass is 16.5. The average Bonchev–Trinajstić information content (AvgIpc) is 3.57. The number of aromatic nitrogens is 1. The van der Waals surface area contributed by atoms with Crippen LogP contribution in [0, 0.1) is 17.8 Å². The zero-order valence-electron chi connectivity index (χ0n) is 18.0. The predicted octanol–water partition coefficient (Wildman–Crippen LogP) is 2.27. The smallest absolute Gasteiger partial charge is 0.328 e. The molecule has 2 aliphatic heterocycles. The molecular formula is C24H30N2O5. The number of methoxy groups -OCH3 is 1. The molecule has 0 unspecified atom stereocenters. The van der Waals surface area contributed by atoms with Gasteiger partial charge in [-0.15, -0.1) is 0 Å². The maximum atomic E-state index is 13.6. The van der Waals surface area contributed by atoms with Gasteiger partial charge in [0.05, 0.1) is 13.2 Å². The van der Waals surface area contributed by atoms with Crippen LogP contribution < -0.4 is 5.56 Å². The molecule has 4 atom stereocenters. The molecule has 0 spiro atoms. The summed E-state index contributed by atoms with van der Waals surface area (Å²) in [6, 6.07) is 2.64. The lowest BCUT2D eigenvalue weighted by Crippen LogP contribution is -2.48. The number of nitrogens with zero attached hydrogens (tertiary/aromatic N) is 2. The first-order chi connectivity index (χ1) is 15.1. The lowest BCUT2D eigenvalue weighted by molar-refractivity contribution is -0.155. The quantitative estimate of drug-likeness (QED) is 0.746. The number of hydrogen-bond donors (Lipinski definition) is 1. The molecule has 3 heterocycles. The summed E-state index contributed by atoms with van der Waals surface area (Å²) in [7, 11) is 1.32. The fourth-order valence-corrected chi connectivity index (χ4v) is 6.36. The topological polar surface area (TPSA) is 88.8 Å². The second-order valence-electron chi connectivity index (χ2n) is 9.36. The number of ether oxygens (including phenoxy) is 1. The van der Waals surface area contributed by atoms with Crippen molar-refractivity contribution in [2.45, 2.75) is 63.6 Å². The number of esters is 1. The van der Waals surface area contributed by atoms with Crippen molar-refractivity contribution in [1.29, 1.82) is 0 Å². The first kappa shape index (κ1) is 20.5. The Labute approximate surface area is 181 Å². The van der Waals surface area contributed by atoms with E-state index >= 15 is 0 Å². The van der Waals surface area contributed by atoms with E-state index < -0.39 is 17.9 Å². The Morgan fingerprint density at radius 1 is 1.19 bits per heavy atom. The minimum atomic E-state index is -0.806. The van der Waals surface area contributed by atoms with Crippen molar-refractivity contribution in [2.24, 2.45) is 17.8 Å². The van der Waals surface area contributed by atoms with Crippen LogP contribution in [0.15, 0.2) is 23.0 Å². The van der Waals surface area contributed by atoms with Crippen molar-refractivity contribution in [3.8, 4) is 0 Å². The third-order valence-corrected chi connectivity index (χ3v) is 7.86. The normalized spacial score (nSPS) is 29.7. The molecule has 1 amide bonds. The van der Waals surface area contributed by atoms with E-state index in [1.165, 1.54) is 7.11 Å². The Hall–Kier alpha value is -2.41. The van der Waals surface area contributed by atoms with Crippen LogP contribution in [0.3, 0.4) is 0 Å². The summed E-state index contributed by atoms with van der Waals surface area (Å²) in [5.74, 6) is -1.26. The van der Waals surface area contributed by atoms with Gasteiger partial charge in [-0.1, -0.05) is 18.9 Å². The van der Waals surface area contributed by atoms with Gasteiger partial charge in [-0.05, 0) is 49.8 Å². The molecule has 1 saturated heterocycles. The number of amides is 1. The van der Waals surface area contributed by atoms with E-state index in [0.29, 0.717) is 6.54 Å². The highest BCUT2D eigenvalue weighted by Crippen LogP contribution is 2.50. The number of fused-ring (bicyclic) bond motifs is 3. The molecule has 1 saturated carbocycles. The maximum Gasteiger partial charge on any atom is 0.328 e. The van der Waals surface area contributed by atoms with Gasteiger partial charge in [0.1, 0.15) is 6.04 Å². The first-order valence-corrected chi connectivity index (χ1v) is 11.5. The fourth-order valence-electron chi connectivity index (χ4n) is 6.36. The van der Waals surface area contributed by atoms with Gasteiger partial charge < -0.3 is 19.3 Å². The second kappa shape index (κ2) is 7.93. The highest BCUT2D eigenvalue weighted by molar-refractivity contribution is 5.87. The van der Waals surface area contributed by atoms with Gasteiger partial charge in [0.25, 0.3) is 5.56 Å². The molecule has 1 N–H and O–H groups in total. The van der Waals surface area contributed by atoms with E-state index in [0.717, 1.165) is 61.8 Å². The summed E-state index contributed by atoms with van der Waals surface area (Å²) in [4.78, 5) is 41.4. The number of pyridine rings is 1. The number of carbonyl (C=O) groups excluding carboxylic acids is 2. The molecule has 7 nitrogen and oxygen atoms in total. The van der Waals surface area contributed by atoms with Crippen molar-refractivity contribution in [3.63, 3.8) is 0 Å². The zero-order valence-corrected chi connectivity index (χ0v) is 18.0. The van der Waals surface area contributed by atoms with E-state index in [1.54, 1.807) is 9.47 Å². The monoisotopic (exact) mass is 426 g/mol. The van der Waals surface area contributed by atoms with Crippen LogP contribution in [0.25, 0.3) is 5.57 Å². The molecule has 0 radical (unpaired) electrons. The van der Waals surface area contributed by atoms with E-state index in [2.05, 4.69) is 6.08 Å². The van der Waals surface area contributed by atoms with Gasteiger partial charge in [0, 0.05) is 42.2 Å². The molecular weight excluding hydrogens is 396 g/mol. The number of allylic oxidation sites excluding steroid dienone is 2. The molecule has 31 heavy (non-hydrogen) atoms. The van der Waals surface area contributed by atoms with Crippen LogP contribution in [0.5, 0.6) is 0 Å². The summed E-state index contributed by atoms with van der Waals surface area (Å²) >= 11 is 0. The first-order valence-electron chi connectivity index (χ1n) is 11.5. The number of aliphatic hydroxyl groups is 1. The number of rotatable bonds is 4. The van der Waals surface area contributed by atoms with E-state index in [4.69, 9.17) is 4.74 Å². The van der Waals surface area contributed by atoms with E-state index in [-0.39, 0.29) is 36.0 Å². The molecule has 166 valence electrons. The molecule has 2 aliphatic carbocycles. The molecule has 1 aromatic heterocycles. The van der Waals surface area contributed by atoms with Gasteiger partial charge >= 0.3 is 5.97 Å². The van der Waals surface area contributed by atoms with Crippen molar-refractivity contribution < 1.29 is 19.4 Å². The van der Waals surface area contributed by atoms with Crippen molar-refractivity contribution in [1.82, 2.24) is 9.47 Å². The summed E-state index contributed by atoms with van der Waals surface area (Å²) in [6.07, 6.45) is 8.79. The Balaban J connectivity index is 1.59. The third-order valence-electron chi connectivity index (χ3n) is 7.86. The minimum absolute atomic E-state index is 0.0281. The predicted molar refractivity (Wildman–Crippen MR) is 114 cm³/mol. The molecule has 1 aromatic rings. The van der Waals surface area contributed by atoms with Crippen LogP contribution in [0.4, 0.5) is 0 Å². The molecule has 0 aromatic carbocycles. The Morgan fingerprint density at radius 3 is 2.61 bits per heavy atom. The van der Waals surface area contributed by atoms with Crippen molar-refractivity contribution in [2.75, 3.05) is 13.7 Å². The molecule has 7 heteroatoms. The van der Waals surface area contributed by atoms with Gasteiger partial charge in [-0.25, -0.2) is 4.79 Å². The number of likely N-dealkylation sites (tertiary alicyclic amines) is 1. The average molecular weight is 427 g/mol.